The molecular weight excluding hydrogens is 312 g/mol. The van der Waals surface area contributed by atoms with E-state index >= 15 is 0 Å². The molecule has 0 bridgehead atoms. The quantitative estimate of drug-likeness (QED) is 0.709. The van der Waals surface area contributed by atoms with Gasteiger partial charge in [0.05, 0.1) is 21.3 Å². The lowest BCUT2D eigenvalue weighted by atomic mass is 10.0. The lowest BCUT2D eigenvalue weighted by Crippen LogP contribution is -2.46. The summed E-state index contributed by atoms with van der Waals surface area (Å²) in [6, 6.07) is 4.28. The molecule has 7 heteroatoms. The molecule has 0 saturated carbocycles. The molecule has 0 aliphatic carbocycles. The first-order chi connectivity index (χ1) is 11.4. The van der Waals surface area contributed by atoms with E-state index in [9.17, 15) is 9.59 Å². The van der Waals surface area contributed by atoms with Gasteiger partial charge < -0.3 is 24.8 Å². The minimum Gasteiger partial charge on any atom is -0.493 e. The second-order valence-corrected chi connectivity index (χ2v) is 5.72. The fourth-order valence-corrected chi connectivity index (χ4v) is 2.21. The Balaban J connectivity index is 2.62. The predicted molar refractivity (Wildman–Crippen MR) is 90.2 cm³/mol. The van der Waals surface area contributed by atoms with Crippen LogP contribution >= 0.6 is 0 Å². The molecule has 0 heterocycles. The highest BCUT2D eigenvalue weighted by atomic mass is 16.5. The molecule has 1 unspecified atom stereocenters. The number of hydrogen-bond acceptors (Lipinski definition) is 5. The third kappa shape index (κ3) is 5.98. The number of methoxy groups -OCH3 is 3. The number of urea groups is 1. The lowest BCUT2D eigenvalue weighted by molar-refractivity contribution is -0.143. The molecule has 1 atom stereocenters. The van der Waals surface area contributed by atoms with Gasteiger partial charge in [0.15, 0.2) is 11.5 Å². The number of carbonyl (C=O) groups is 2. The second kappa shape index (κ2) is 9.64. The van der Waals surface area contributed by atoms with Crippen molar-refractivity contribution in [1.82, 2.24) is 10.6 Å². The van der Waals surface area contributed by atoms with Gasteiger partial charge in [0.1, 0.15) is 6.04 Å². The zero-order valence-corrected chi connectivity index (χ0v) is 14.8. The van der Waals surface area contributed by atoms with E-state index in [1.807, 2.05) is 19.9 Å². The summed E-state index contributed by atoms with van der Waals surface area (Å²) in [5, 5.41) is 5.36. The number of carbonyl (C=O) groups excluding carboxylic acids is 2. The van der Waals surface area contributed by atoms with Crippen LogP contribution in [0.4, 0.5) is 4.79 Å². The van der Waals surface area contributed by atoms with E-state index in [0.29, 0.717) is 24.5 Å². The van der Waals surface area contributed by atoms with Crippen LogP contribution in [0.3, 0.4) is 0 Å². The van der Waals surface area contributed by atoms with Crippen LogP contribution in [0.2, 0.25) is 0 Å². The Labute approximate surface area is 142 Å². The van der Waals surface area contributed by atoms with E-state index in [1.165, 1.54) is 7.11 Å². The van der Waals surface area contributed by atoms with Gasteiger partial charge in [0.25, 0.3) is 0 Å². The van der Waals surface area contributed by atoms with E-state index in [2.05, 4.69) is 10.6 Å². The van der Waals surface area contributed by atoms with Crippen molar-refractivity contribution in [3.8, 4) is 11.5 Å². The SMILES string of the molecule is COC(=O)C(CC(C)C)NC(=O)NCc1ccc(OC)c(OC)c1. The molecule has 0 radical (unpaired) electrons. The molecule has 0 saturated heterocycles. The van der Waals surface area contributed by atoms with Gasteiger partial charge in [-0.1, -0.05) is 19.9 Å². The smallest absolute Gasteiger partial charge is 0.328 e. The molecule has 1 aromatic carbocycles. The highest BCUT2D eigenvalue weighted by molar-refractivity contribution is 5.83. The summed E-state index contributed by atoms with van der Waals surface area (Å²) in [5.41, 5.74) is 0.848. The van der Waals surface area contributed by atoms with Gasteiger partial charge in [-0.15, -0.1) is 0 Å². The lowest BCUT2D eigenvalue weighted by Gasteiger charge is -2.18. The number of amides is 2. The van der Waals surface area contributed by atoms with E-state index in [4.69, 9.17) is 14.2 Å². The Bertz CT molecular complexity index is 560. The van der Waals surface area contributed by atoms with Crippen molar-refractivity contribution in [2.24, 2.45) is 5.92 Å². The van der Waals surface area contributed by atoms with Gasteiger partial charge in [-0.25, -0.2) is 9.59 Å². The molecule has 0 aliphatic heterocycles. The van der Waals surface area contributed by atoms with Crippen LogP contribution in [0.25, 0.3) is 0 Å². The molecule has 1 rings (SSSR count). The van der Waals surface area contributed by atoms with E-state index in [-0.39, 0.29) is 5.92 Å². The largest absolute Gasteiger partial charge is 0.493 e. The number of ether oxygens (including phenoxy) is 3. The first-order valence-corrected chi connectivity index (χ1v) is 7.74. The van der Waals surface area contributed by atoms with Gasteiger partial charge >= 0.3 is 12.0 Å². The molecule has 2 amide bonds. The summed E-state index contributed by atoms with van der Waals surface area (Å²) in [6.45, 7) is 4.24. The van der Waals surface area contributed by atoms with Crippen molar-refractivity contribution in [3.05, 3.63) is 23.8 Å². The maximum atomic E-state index is 12.0. The average molecular weight is 338 g/mol. The highest BCUT2D eigenvalue weighted by Gasteiger charge is 2.22. The maximum absolute atomic E-state index is 12.0. The van der Waals surface area contributed by atoms with Crippen molar-refractivity contribution in [2.75, 3.05) is 21.3 Å². The maximum Gasteiger partial charge on any atom is 0.328 e. The molecule has 0 aromatic heterocycles. The van der Waals surface area contributed by atoms with Crippen LogP contribution in [-0.2, 0) is 16.1 Å². The van der Waals surface area contributed by atoms with E-state index in [1.54, 1.807) is 26.4 Å². The van der Waals surface area contributed by atoms with E-state index < -0.39 is 18.0 Å². The first-order valence-electron chi connectivity index (χ1n) is 7.74. The summed E-state index contributed by atoms with van der Waals surface area (Å²) in [4.78, 5) is 23.7. The summed E-state index contributed by atoms with van der Waals surface area (Å²) in [6.07, 6.45) is 0.510. The summed E-state index contributed by atoms with van der Waals surface area (Å²) < 4.78 is 15.1. The molecule has 0 spiro atoms. The second-order valence-electron chi connectivity index (χ2n) is 5.72. The molecule has 7 nitrogen and oxygen atoms in total. The molecule has 1 aromatic rings. The fraction of sp³-hybridized carbons (Fsp3) is 0.529. The Morgan fingerprint density at radius 2 is 1.75 bits per heavy atom. The Kier molecular flexibility index (Phi) is 7.88. The number of esters is 1. The van der Waals surface area contributed by atoms with Gasteiger partial charge in [-0.2, -0.15) is 0 Å². The summed E-state index contributed by atoms with van der Waals surface area (Å²) in [7, 11) is 4.42. The Hall–Kier alpha value is -2.44. The van der Waals surface area contributed by atoms with Crippen LogP contribution in [0.5, 0.6) is 11.5 Å². The van der Waals surface area contributed by atoms with Crippen LogP contribution in [0.1, 0.15) is 25.8 Å². The van der Waals surface area contributed by atoms with Crippen LogP contribution in [0, 0.1) is 5.92 Å². The minimum absolute atomic E-state index is 0.250. The van der Waals surface area contributed by atoms with Crippen molar-refractivity contribution in [3.63, 3.8) is 0 Å². The third-order valence-electron chi connectivity index (χ3n) is 3.40. The minimum atomic E-state index is -0.666. The standard InChI is InChI=1S/C17H26N2O5/c1-11(2)8-13(16(20)24-5)19-17(21)18-10-12-6-7-14(22-3)15(9-12)23-4/h6-7,9,11,13H,8,10H2,1-5H3,(H2,18,19,21). The third-order valence-corrected chi connectivity index (χ3v) is 3.40. The van der Waals surface area contributed by atoms with Crippen molar-refractivity contribution in [1.29, 1.82) is 0 Å². The van der Waals surface area contributed by atoms with Gasteiger partial charge in [0.2, 0.25) is 0 Å². The topological polar surface area (TPSA) is 85.9 Å². The van der Waals surface area contributed by atoms with Gasteiger partial charge in [-0.05, 0) is 30.0 Å². The monoisotopic (exact) mass is 338 g/mol. The first kappa shape index (κ1) is 19.6. The number of hydrogen-bond donors (Lipinski definition) is 2. The number of benzene rings is 1. The summed E-state index contributed by atoms with van der Waals surface area (Å²) in [5.74, 6) is 1.00. The van der Waals surface area contributed by atoms with Crippen LogP contribution in [0.15, 0.2) is 18.2 Å². The Morgan fingerprint density at radius 1 is 1.08 bits per heavy atom. The fourth-order valence-electron chi connectivity index (χ4n) is 2.21. The molecule has 2 N–H and O–H groups in total. The molecular formula is C17H26N2O5. The van der Waals surface area contributed by atoms with Crippen LogP contribution in [-0.4, -0.2) is 39.4 Å². The zero-order valence-electron chi connectivity index (χ0n) is 14.8. The molecule has 0 aliphatic rings. The van der Waals surface area contributed by atoms with Crippen molar-refractivity contribution in [2.45, 2.75) is 32.9 Å². The number of nitrogens with one attached hydrogen (secondary N) is 2. The zero-order chi connectivity index (χ0) is 18.1. The van der Waals surface area contributed by atoms with Crippen molar-refractivity contribution >= 4 is 12.0 Å². The van der Waals surface area contributed by atoms with Crippen molar-refractivity contribution < 1.29 is 23.8 Å². The van der Waals surface area contributed by atoms with E-state index in [0.717, 1.165) is 5.56 Å². The summed E-state index contributed by atoms with van der Waals surface area (Å²) >= 11 is 0. The van der Waals surface area contributed by atoms with Gasteiger partial charge in [-0.3, -0.25) is 0 Å². The molecule has 0 fully saturated rings. The average Bonchev–Trinajstić information content (AvgIpc) is 2.57. The Morgan fingerprint density at radius 3 is 2.29 bits per heavy atom. The predicted octanol–water partition coefficient (Wildman–Crippen LogP) is 2.09. The normalized spacial score (nSPS) is 11.6. The molecule has 24 heavy (non-hydrogen) atoms. The van der Waals surface area contributed by atoms with Crippen LogP contribution < -0.4 is 20.1 Å². The highest BCUT2D eigenvalue weighted by Crippen LogP contribution is 2.27. The number of rotatable bonds is 8. The molecule has 134 valence electrons. The van der Waals surface area contributed by atoms with Gasteiger partial charge in [0, 0.05) is 6.54 Å².